The van der Waals surface area contributed by atoms with Crippen LogP contribution in [-0.2, 0) is 11.2 Å². The van der Waals surface area contributed by atoms with Crippen LogP contribution in [0.1, 0.15) is 5.56 Å². The van der Waals surface area contributed by atoms with E-state index in [-0.39, 0.29) is 5.91 Å². The third-order valence-electron chi connectivity index (χ3n) is 4.29. The highest BCUT2D eigenvalue weighted by Gasteiger charge is 2.20. The van der Waals surface area contributed by atoms with Crippen LogP contribution in [0.2, 0.25) is 5.02 Å². The summed E-state index contributed by atoms with van der Waals surface area (Å²) in [5, 5.41) is 3.71. The molecular formula is C19H22ClN3O. The standard InChI is InChI=1S/C19H22ClN3O/c1-22-10-12-23(13-11-22)19-16(20)8-5-9-17(19)21-18(24)14-15-6-3-2-4-7-15/h2-9H,10-14H2,1H3,(H,21,24). The quantitative estimate of drug-likeness (QED) is 0.925. The van der Waals surface area contributed by atoms with E-state index in [4.69, 9.17) is 11.6 Å². The van der Waals surface area contributed by atoms with Crippen molar-refractivity contribution in [1.29, 1.82) is 0 Å². The zero-order chi connectivity index (χ0) is 16.9. The minimum Gasteiger partial charge on any atom is -0.366 e. The molecule has 5 heteroatoms. The van der Waals surface area contributed by atoms with Crippen molar-refractivity contribution >= 4 is 28.9 Å². The Bertz CT molecular complexity index is 697. The van der Waals surface area contributed by atoms with Gasteiger partial charge in [-0.2, -0.15) is 0 Å². The summed E-state index contributed by atoms with van der Waals surface area (Å²) in [5.41, 5.74) is 2.71. The molecule has 0 atom stereocenters. The molecule has 2 aromatic rings. The smallest absolute Gasteiger partial charge is 0.228 e. The predicted molar refractivity (Wildman–Crippen MR) is 99.9 cm³/mol. The molecule has 0 bridgehead atoms. The fourth-order valence-electron chi connectivity index (χ4n) is 2.94. The second-order valence-electron chi connectivity index (χ2n) is 6.14. The van der Waals surface area contributed by atoms with Crippen LogP contribution in [-0.4, -0.2) is 44.0 Å². The first kappa shape index (κ1) is 16.8. The Labute approximate surface area is 148 Å². The minimum absolute atomic E-state index is 0.0288. The van der Waals surface area contributed by atoms with E-state index in [1.54, 1.807) is 0 Å². The van der Waals surface area contributed by atoms with Crippen LogP contribution in [0.15, 0.2) is 48.5 Å². The number of benzene rings is 2. The molecule has 1 N–H and O–H groups in total. The van der Waals surface area contributed by atoms with Crippen LogP contribution in [0.5, 0.6) is 0 Å². The Morgan fingerprint density at radius 3 is 2.46 bits per heavy atom. The first-order valence-electron chi connectivity index (χ1n) is 8.19. The van der Waals surface area contributed by atoms with Crippen LogP contribution in [0.25, 0.3) is 0 Å². The maximum atomic E-state index is 12.4. The summed E-state index contributed by atoms with van der Waals surface area (Å²) >= 11 is 6.44. The number of nitrogens with one attached hydrogen (secondary N) is 1. The monoisotopic (exact) mass is 343 g/mol. The molecule has 0 spiro atoms. The molecule has 3 rings (SSSR count). The summed E-state index contributed by atoms with van der Waals surface area (Å²) < 4.78 is 0. The number of hydrogen-bond donors (Lipinski definition) is 1. The minimum atomic E-state index is -0.0288. The van der Waals surface area contributed by atoms with E-state index in [9.17, 15) is 4.79 Å². The maximum absolute atomic E-state index is 12.4. The van der Waals surface area contributed by atoms with Gasteiger partial charge in [-0.05, 0) is 24.7 Å². The molecule has 0 unspecified atom stereocenters. The predicted octanol–water partition coefficient (Wildman–Crippen LogP) is 3.27. The van der Waals surface area contributed by atoms with Gasteiger partial charge >= 0.3 is 0 Å². The van der Waals surface area contributed by atoms with Crippen molar-refractivity contribution in [3.63, 3.8) is 0 Å². The normalized spacial score (nSPS) is 15.3. The van der Waals surface area contributed by atoms with Gasteiger partial charge in [0, 0.05) is 26.2 Å². The highest BCUT2D eigenvalue weighted by Crippen LogP contribution is 2.34. The van der Waals surface area contributed by atoms with Crippen molar-refractivity contribution in [1.82, 2.24) is 4.90 Å². The van der Waals surface area contributed by atoms with E-state index in [0.29, 0.717) is 11.4 Å². The van der Waals surface area contributed by atoms with E-state index < -0.39 is 0 Å². The fourth-order valence-corrected chi connectivity index (χ4v) is 3.24. The summed E-state index contributed by atoms with van der Waals surface area (Å²) in [6, 6.07) is 15.4. The molecule has 0 saturated carbocycles. The number of piperazine rings is 1. The van der Waals surface area contributed by atoms with Crippen LogP contribution in [0.3, 0.4) is 0 Å². The van der Waals surface area contributed by atoms with Gasteiger partial charge in [0.2, 0.25) is 5.91 Å². The molecule has 1 saturated heterocycles. The van der Waals surface area contributed by atoms with Crippen LogP contribution < -0.4 is 10.2 Å². The van der Waals surface area contributed by atoms with Crippen molar-refractivity contribution in [2.45, 2.75) is 6.42 Å². The molecule has 1 heterocycles. The molecule has 1 aliphatic heterocycles. The van der Waals surface area contributed by atoms with Gasteiger partial charge in [-0.25, -0.2) is 0 Å². The molecule has 126 valence electrons. The van der Waals surface area contributed by atoms with Crippen molar-refractivity contribution in [2.75, 3.05) is 43.4 Å². The SMILES string of the molecule is CN1CCN(c2c(Cl)cccc2NC(=O)Cc2ccccc2)CC1. The van der Waals surface area contributed by atoms with Gasteiger partial charge in [0.1, 0.15) is 0 Å². The molecule has 1 fully saturated rings. The summed E-state index contributed by atoms with van der Waals surface area (Å²) in [5.74, 6) is -0.0288. The Hall–Kier alpha value is -2.04. The Morgan fingerprint density at radius 2 is 1.75 bits per heavy atom. The number of hydrogen-bond acceptors (Lipinski definition) is 3. The lowest BCUT2D eigenvalue weighted by Gasteiger charge is -2.35. The lowest BCUT2D eigenvalue weighted by Crippen LogP contribution is -2.44. The van der Waals surface area contributed by atoms with E-state index >= 15 is 0 Å². The molecular weight excluding hydrogens is 322 g/mol. The van der Waals surface area contributed by atoms with Gasteiger partial charge in [-0.1, -0.05) is 48.0 Å². The summed E-state index contributed by atoms with van der Waals surface area (Å²) in [6.45, 7) is 3.79. The van der Waals surface area contributed by atoms with Crippen molar-refractivity contribution in [3.8, 4) is 0 Å². The van der Waals surface area contributed by atoms with Crippen LogP contribution in [0.4, 0.5) is 11.4 Å². The van der Waals surface area contributed by atoms with Gasteiger partial charge in [0.25, 0.3) is 0 Å². The topological polar surface area (TPSA) is 35.6 Å². The molecule has 1 aliphatic rings. The average molecular weight is 344 g/mol. The van der Waals surface area contributed by atoms with Gasteiger partial charge in [-0.15, -0.1) is 0 Å². The average Bonchev–Trinajstić information content (AvgIpc) is 2.57. The van der Waals surface area contributed by atoms with Crippen molar-refractivity contribution in [2.24, 2.45) is 0 Å². The number of likely N-dealkylation sites (N-methyl/N-ethyl adjacent to an activating group) is 1. The van der Waals surface area contributed by atoms with Gasteiger partial charge in [0.05, 0.1) is 22.8 Å². The zero-order valence-electron chi connectivity index (χ0n) is 13.8. The van der Waals surface area contributed by atoms with Crippen LogP contribution in [0, 0.1) is 0 Å². The number of carbonyl (C=O) groups is 1. The van der Waals surface area contributed by atoms with Crippen molar-refractivity contribution < 1.29 is 4.79 Å². The van der Waals surface area contributed by atoms with Crippen LogP contribution >= 0.6 is 11.6 Å². The first-order valence-corrected chi connectivity index (χ1v) is 8.57. The zero-order valence-corrected chi connectivity index (χ0v) is 14.6. The number of para-hydroxylation sites is 1. The van der Waals surface area contributed by atoms with E-state index in [1.165, 1.54) is 0 Å². The number of nitrogens with zero attached hydrogens (tertiary/aromatic N) is 2. The first-order chi connectivity index (χ1) is 11.6. The second kappa shape index (κ2) is 7.69. The number of rotatable bonds is 4. The number of anilines is 2. The Morgan fingerprint density at radius 1 is 1.04 bits per heavy atom. The molecule has 0 aliphatic carbocycles. The molecule has 1 amide bonds. The Kier molecular flexibility index (Phi) is 5.38. The summed E-state index contributed by atoms with van der Waals surface area (Å²) in [6.07, 6.45) is 0.357. The van der Waals surface area contributed by atoms with Gasteiger partial charge < -0.3 is 15.1 Å². The highest BCUT2D eigenvalue weighted by atomic mass is 35.5. The fraction of sp³-hybridized carbons (Fsp3) is 0.316. The highest BCUT2D eigenvalue weighted by molar-refractivity contribution is 6.34. The van der Waals surface area contributed by atoms with E-state index in [2.05, 4.69) is 22.2 Å². The van der Waals surface area contributed by atoms with Gasteiger partial charge in [-0.3, -0.25) is 4.79 Å². The lowest BCUT2D eigenvalue weighted by molar-refractivity contribution is -0.115. The molecule has 0 aromatic heterocycles. The summed E-state index contributed by atoms with van der Waals surface area (Å²) in [7, 11) is 2.12. The lowest BCUT2D eigenvalue weighted by atomic mass is 10.1. The third kappa shape index (κ3) is 4.08. The molecule has 24 heavy (non-hydrogen) atoms. The molecule has 0 radical (unpaired) electrons. The largest absolute Gasteiger partial charge is 0.366 e. The number of carbonyl (C=O) groups excluding carboxylic acids is 1. The number of amides is 1. The third-order valence-corrected chi connectivity index (χ3v) is 4.59. The maximum Gasteiger partial charge on any atom is 0.228 e. The van der Waals surface area contributed by atoms with E-state index in [1.807, 2.05) is 48.5 Å². The number of halogens is 1. The summed E-state index contributed by atoms with van der Waals surface area (Å²) in [4.78, 5) is 16.9. The second-order valence-corrected chi connectivity index (χ2v) is 6.54. The van der Waals surface area contributed by atoms with E-state index in [0.717, 1.165) is 43.1 Å². The molecule has 2 aromatic carbocycles. The van der Waals surface area contributed by atoms with Gasteiger partial charge in [0.15, 0.2) is 0 Å². The van der Waals surface area contributed by atoms with Crippen molar-refractivity contribution in [3.05, 3.63) is 59.1 Å². The Balaban J connectivity index is 1.75. The molecule has 4 nitrogen and oxygen atoms in total.